The maximum absolute atomic E-state index is 13.1. The van der Waals surface area contributed by atoms with Crippen molar-refractivity contribution in [3.05, 3.63) is 69.2 Å². The number of benzene rings is 2. The van der Waals surface area contributed by atoms with Gasteiger partial charge in [-0.05, 0) is 30.7 Å². The number of para-hydroxylation sites is 2. The molecule has 2 heterocycles. The zero-order chi connectivity index (χ0) is 18.1. The molecule has 26 heavy (non-hydrogen) atoms. The average molecular weight is 347 g/mol. The zero-order valence-corrected chi connectivity index (χ0v) is 14.8. The van der Waals surface area contributed by atoms with Crippen LogP contribution in [0.2, 0.25) is 0 Å². The first-order valence-electron chi connectivity index (χ1n) is 9.15. The molecule has 2 aromatic carbocycles. The summed E-state index contributed by atoms with van der Waals surface area (Å²) in [6.45, 7) is 2.72. The molecule has 4 rings (SSSR count). The summed E-state index contributed by atoms with van der Waals surface area (Å²) in [5, 5.41) is 1.11. The van der Waals surface area contributed by atoms with Crippen molar-refractivity contribution >= 4 is 27.6 Å². The molecular formula is C21H21N3O2. The number of unbranched alkanes of at least 4 members (excludes halogenated alkanes) is 3. The summed E-state index contributed by atoms with van der Waals surface area (Å²) in [5.74, 6) is 0.425. The van der Waals surface area contributed by atoms with Crippen molar-refractivity contribution in [2.24, 2.45) is 0 Å². The molecule has 5 heteroatoms. The van der Waals surface area contributed by atoms with Crippen molar-refractivity contribution in [2.45, 2.75) is 39.2 Å². The van der Waals surface area contributed by atoms with Gasteiger partial charge in [-0.15, -0.1) is 0 Å². The van der Waals surface area contributed by atoms with Gasteiger partial charge < -0.3 is 0 Å². The number of hydrogen-bond acceptors (Lipinski definition) is 3. The van der Waals surface area contributed by atoms with Crippen LogP contribution in [0.25, 0.3) is 27.6 Å². The van der Waals surface area contributed by atoms with Crippen LogP contribution in [0.4, 0.5) is 0 Å². The van der Waals surface area contributed by atoms with Crippen LogP contribution in [0.1, 0.15) is 32.6 Å². The smallest absolute Gasteiger partial charge is 0.267 e. The summed E-state index contributed by atoms with van der Waals surface area (Å²) in [6.07, 6.45) is 4.22. The van der Waals surface area contributed by atoms with Gasteiger partial charge in [-0.2, -0.15) is 0 Å². The third kappa shape index (κ3) is 2.60. The molecule has 0 amide bonds. The normalized spacial score (nSPS) is 11.6. The molecule has 0 bridgehead atoms. The second-order valence-electron chi connectivity index (χ2n) is 6.60. The second kappa shape index (κ2) is 6.75. The summed E-state index contributed by atoms with van der Waals surface area (Å²) < 4.78 is 3.24. The number of fused-ring (bicyclic) bond motifs is 4. The maximum Gasteiger partial charge on any atom is 0.267 e. The van der Waals surface area contributed by atoms with E-state index in [0.29, 0.717) is 34.1 Å². The second-order valence-corrected chi connectivity index (χ2v) is 6.60. The number of aromatic nitrogens is 3. The Morgan fingerprint density at radius 1 is 0.846 bits per heavy atom. The van der Waals surface area contributed by atoms with Gasteiger partial charge in [-0.3, -0.25) is 14.2 Å². The van der Waals surface area contributed by atoms with Gasteiger partial charge in [0.15, 0.2) is 0 Å². The van der Waals surface area contributed by atoms with Crippen molar-refractivity contribution in [1.82, 2.24) is 14.0 Å². The van der Waals surface area contributed by atoms with Gasteiger partial charge in [0, 0.05) is 6.54 Å². The highest BCUT2D eigenvalue weighted by Crippen LogP contribution is 2.15. The molecule has 0 aliphatic carbocycles. The minimum absolute atomic E-state index is 0.0840. The molecule has 0 unspecified atom stereocenters. The van der Waals surface area contributed by atoms with Crippen LogP contribution < -0.4 is 11.1 Å². The average Bonchev–Trinajstić information content (AvgIpc) is 2.67. The van der Waals surface area contributed by atoms with E-state index in [0.717, 1.165) is 25.7 Å². The molecule has 0 aliphatic heterocycles. The summed E-state index contributed by atoms with van der Waals surface area (Å²) >= 11 is 0. The SMILES string of the molecule is CCCCCCn1c(=O)c2ccccc2n2c(=O)c3ccccc3nc12. The zero-order valence-electron chi connectivity index (χ0n) is 14.8. The Morgan fingerprint density at radius 3 is 2.38 bits per heavy atom. The first-order valence-corrected chi connectivity index (χ1v) is 9.15. The van der Waals surface area contributed by atoms with Gasteiger partial charge >= 0.3 is 0 Å². The summed E-state index contributed by atoms with van der Waals surface area (Å²) in [4.78, 5) is 30.9. The highest BCUT2D eigenvalue weighted by Gasteiger charge is 2.15. The largest absolute Gasteiger partial charge is 0.278 e. The molecule has 132 valence electrons. The van der Waals surface area contributed by atoms with E-state index in [1.165, 1.54) is 0 Å². The number of hydrogen-bond donors (Lipinski definition) is 0. The van der Waals surface area contributed by atoms with Crippen LogP contribution in [0.15, 0.2) is 58.1 Å². The molecule has 2 aromatic heterocycles. The molecule has 5 nitrogen and oxygen atoms in total. The molecule has 0 N–H and O–H groups in total. The molecule has 4 aromatic rings. The van der Waals surface area contributed by atoms with Crippen molar-refractivity contribution in [3.63, 3.8) is 0 Å². The van der Waals surface area contributed by atoms with Gasteiger partial charge in [0.25, 0.3) is 11.1 Å². The fraction of sp³-hybridized carbons (Fsp3) is 0.286. The molecular weight excluding hydrogens is 326 g/mol. The molecule has 0 atom stereocenters. The van der Waals surface area contributed by atoms with E-state index in [1.807, 2.05) is 36.4 Å². The predicted molar refractivity (Wildman–Crippen MR) is 105 cm³/mol. The molecule has 0 radical (unpaired) electrons. The topological polar surface area (TPSA) is 56.4 Å². The van der Waals surface area contributed by atoms with E-state index in [2.05, 4.69) is 11.9 Å². The lowest BCUT2D eigenvalue weighted by Gasteiger charge is -2.14. The first-order chi connectivity index (χ1) is 12.7. The van der Waals surface area contributed by atoms with Gasteiger partial charge in [0.1, 0.15) is 0 Å². The minimum Gasteiger partial charge on any atom is -0.278 e. The van der Waals surface area contributed by atoms with E-state index < -0.39 is 0 Å². The van der Waals surface area contributed by atoms with Crippen molar-refractivity contribution in [2.75, 3.05) is 0 Å². The van der Waals surface area contributed by atoms with Gasteiger partial charge in [-0.1, -0.05) is 50.5 Å². The van der Waals surface area contributed by atoms with Crippen molar-refractivity contribution < 1.29 is 0 Å². The molecule has 0 saturated carbocycles. The fourth-order valence-electron chi connectivity index (χ4n) is 3.50. The highest BCUT2D eigenvalue weighted by atomic mass is 16.1. The number of rotatable bonds is 5. The van der Waals surface area contributed by atoms with Crippen LogP contribution >= 0.6 is 0 Å². The Kier molecular flexibility index (Phi) is 4.29. The van der Waals surface area contributed by atoms with Crippen LogP contribution in [-0.4, -0.2) is 14.0 Å². The lowest BCUT2D eigenvalue weighted by atomic mass is 10.2. The van der Waals surface area contributed by atoms with Gasteiger partial charge in [-0.25, -0.2) is 9.38 Å². The van der Waals surface area contributed by atoms with E-state index in [-0.39, 0.29) is 11.1 Å². The summed E-state index contributed by atoms with van der Waals surface area (Å²) in [7, 11) is 0. The third-order valence-electron chi connectivity index (χ3n) is 4.86. The van der Waals surface area contributed by atoms with Crippen LogP contribution in [0.3, 0.4) is 0 Å². The first kappa shape index (κ1) is 16.5. The number of nitrogens with zero attached hydrogens (tertiary/aromatic N) is 3. The lowest BCUT2D eigenvalue weighted by Crippen LogP contribution is -2.29. The van der Waals surface area contributed by atoms with Crippen LogP contribution in [0, 0.1) is 0 Å². The summed E-state index contributed by atoms with van der Waals surface area (Å²) in [6, 6.07) is 14.5. The Bertz CT molecular complexity index is 1220. The Morgan fingerprint density at radius 2 is 1.58 bits per heavy atom. The predicted octanol–water partition coefficient (Wildman–Crippen LogP) is 3.74. The van der Waals surface area contributed by atoms with E-state index in [9.17, 15) is 9.59 Å². The van der Waals surface area contributed by atoms with Crippen LogP contribution in [0.5, 0.6) is 0 Å². The lowest BCUT2D eigenvalue weighted by molar-refractivity contribution is 0.575. The molecule has 0 saturated heterocycles. The maximum atomic E-state index is 13.1. The number of aryl methyl sites for hydroxylation is 1. The molecule has 0 aliphatic rings. The third-order valence-corrected chi connectivity index (χ3v) is 4.86. The van der Waals surface area contributed by atoms with Gasteiger partial charge in [0.05, 0.1) is 21.8 Å². The Hall–Kier alpha value is -2.95. The Labute approximate surface area is 150 Å². The van der Waals surface area contributed by atoms with Crippen molar-refractivity contribution in [1.29, 1.82) is 0 Å². The monoisotopic (exact) mass is 347 g/mol. The summed E-state index contributed by atoms with van der Waals surface area (Å²) in [5.41, 5.74) is 1.01. The Balaban J connectivity index is 2.09. The van der Waals surface area contributed by atoms with Crippen LogP contribution in [-0.2, 0) is 6.54 Å². The van der Waals surface area contributed by atoms with Crippen molar-refractivity contribution in [3.8, 4) is 0 Å². The minimum atomic E-state index is -0.135. The molecule has 0 spiro atoms. The fourth-order valence-corrected chi connectivity index (χ4v) is 3.50. The molecule has 0 fully saturated rings. The van der Waals surface area contributed by atoms with E-state index >= 15 is 0 Å². The quantitative estimate of drug-likeness (QED) is 0.314. The van der Waals surface area contributed by atoms with Gasteiger partial charge in [0.2, 0.25) is 5.78 Å². The van der Waals surface area contributed by atoms with E-state index in [1.54, 1.807) is 21.1 Å². The standard InChI is InChI=1S/C21H21N3O2/c1-2-3-4-9-14-23-19(25)16-11-6-8-13-18(16)24-20(26)15-10-5-7-12-17(15)22-21(23)24/h5-8,10-13H,2-4,9,14H2,1H3. The van der Waals surface area contributed by atoms with E-state index in [4.69, 9.17) is 0 Å². The highest BCUT2D eigenvalue weighted by molar-refractivity contribution is 5.84.